The molecular formula is C15H16N6O4S2. The monoisotopic (exact) mass is 408 g/mol. The van der Waals surface area contributed by atoms with Crippen molar-refractivity contribution in [2.75, 3.05) is 9.44 Å². The van der Waals surface area contributed by atoms with Gasteiger partial charge in [0.25, 0.3) is 20.0 Å². The molecule has 0 atom stereocenters. The summed E-state index contributed by atoms with van der Waals surface area (Å²) in [5.74, 6) is -0.0608. The quantitative estimate of drug-likeness (QED) is 0.624. The molecule has 3 rings (SSSR count). The van der Waals surface area contributed by atoms with Gasteiger partial charge in [-0.1, -0.05) is 0 Å². The largest absolute Gasteiger partial charge is 0.280 e. The lowest BCUT2D eigenvalue weighted by Crippen LogP contribution is -2.16. The third-order valence-electron chi connectivity index (χ3n) is 3.69. The lowest BCUT2D eigenvalue weighted by molar-refractivity contribution is 0.599. The van der Waals surface area contributed by atoms with E-state index in [2.05, 4.69) is 24.5 Å². The van der Waals surface area contributed by atoms with Gasteiger partial charge in [-0.2, -0.15) is 5.10 Å². The van der Waals surface area contributed by atoms with Crippen LogP contribution in [-0.2, 0) is 27.1 Å². The lowest BCUT2D eigenvalue weighted by Gasteiger charge is -2.09. The number of anilines is 2. The summed E-state index contributed by atoms with van der Waals surface area (Å²) in [5, 5.41) is 3.91. The van der Waals surface area contributed by atoms with Gasteiger partial charge in [0.2, 0.25) is 5.95 Å². The summed E-state index contributed by atoms with van der Waals surface area (Å²) in [6.07, 6.45) is 4.06. The van der Waals surface area contributed by atoms with Crippen LogP contribution >= 0.6 is 0 Å². The Balaban J connectivity index is 1.80. The zero-order chi connectivity index (χ0) is 19.7. The molecule has 3 aromatic rings. The molecule has 1 aromatic carbocycles. The van der Waals surface area contributed by atoms with Crippen molar-refractivity contribution >= 4 is 31.7 Å². The number of nitrogens with one attached hydrogen (secondary N) is 2. The van der Waals surface area contributed by atoms with Gasteiger partial charge in [0.05, 0.1) is 16.8 Å². The summed E-state index contributed by atoms with van der Waals surface area (Å²) in [5.41, 5.74) is 0.696. The Morgan fingerprint density at radius 1 is 0.926 bits per heavy atom. The van der Waals surface area contributed by atoms with E-state index in [1.54, 1.807) is 20.0 Å². The molecule has 0 aliphatic rings. The molecule has 0 fully saturated rings. The number of benzene rings is 1. The Labute approximate surface area is 156 Å². The van der Waals surface area contributed by atoms with E-state index in [9.17, 15) is 16.8 Å². The standard InChI is InChI=1S/C15H16N6O4S2/c1-11-14(10-18-21(11)2)27(24,25)19-12-4-6-13(7-5-12)26(22,23)20-15-16-8-3-9-17-15/h3-10,19H,1-2H3,(H,16,17,20). The SMILES string of the molecule is Cc1c(S(=O)(=O)Nc2ccc(S(=O)(=O)Nc3ncccn3)cc2)cnn1C. The molecule has 0 bridgehead atoms. The van der Waals surface area contributed by atoms with Gasteiger partial charge in [0, 0.05) is 25.1 Å². The van der Waals surface area contributed by atoms with Crippen molar-refractivity contribution in [3.05, 3.63) is 54.6 Å². The van der Waals surface area contributed by atoms with Crippen LogP contribution in [0.2, 0.25) is 0 Å². The first kappa shape index (κ1) is 18.8. The second kappa shape index (κ2) is 6.96. The number of aryl methyl sites for hydroxylation is 1. The number of hydrogen-bond acceptors (Lipinski definition) is 7. The van der Waals surface area contributed by atoms with Gasteiger partial charge < -0.3 is 0 Å². The summed E-state index contributed by atoms with van der Waals surface area (Å²) >= 11 is 0. The minimum absolute atomic E-state index is 0.0459. The molecule has 0 amide bonds. The zero-order valence-electron chi connectivity index (χ0n) is 14.4. The molecular weight excluding hydrogens is 392 g/mol. The molecule has 0 saturated heterocycles. The second-order valence-electron chi connectivity index (χ2n) is 5.53. The van der Waals surface area contributed by atoms with Gasteiger partial charge in [0.15, 0.2) is 0 Å². The summed E-state index contributed by atoms with van der Waals surface area (Å²) in [7, 11) is -6.10. The van der Waals surface area contributed by atoms with Crippen molar-refractivity contribution in [1.82, 2.24) is 19.7 Å². The molecule has 0 aliphatic heterocycles. The molecule has 0 spiro atoms. The van der Waals surface area contributed by atoms with E-state index in [4.69, 9.17) is 0 Å². The highest BCUT2D eigenvalue weighted by Gasteiger charge is 2.21. The Morgan fingerprint density at radius 2 is 1.56 bits per heavy atom. The zero-order valence-corrected chi connectivity index (χ0v) is 16.0. The third-order valence-corrected chi connectivity index (χ3v) is 6.52. The molecule has 2 N–H and O–H groups in total. The molecule has 142 valence electrons. The highest BCUT2D eigenvalue weighted by molar-refractivity contribution is 7.93. The van der Waals surface area contributed by atoms with Gasteiger partial charge in [-0.25, -0.2) is 31.5 Å². The van der Waals surface area contributed by atoms with Crippen LogP contribution in [0, 0.1) is 6.92 Å². The normalized spacial score (nSPS) is 11.9. The van der Waals surface area contributed by atoms with Crippen molar-refractivity contribution < 1.29 is 16.8 Å². The average Bonchev–Trinajstić information content (AvgIpc) is 2.95. The molecule has 0 saturated carbocycles. The van der Waals surface area contributed by atoms with E-state index in [-0.39, 0.29) is 21.4 Å². The Bertz CT molecular complexity index is 1160. The van der Waals surface area contributed by atoms with Crippen molar-refractivity contribution in [1.29, 1.82) is 0 Å². The highest BCUT2D eigenvalue weighted by Crippen LogP contribution is 2.21. The molecule has 0 aliphatic carbocycles. The minimum Gasteiger partial charge on any atom is -0.280 e. The second-order valence-corrected chi connectivity index (χ2v) is 8.86. The molecule has 10 nitrogen and oxygen atoms in total. The maximum Gasteiger partial charge on any atom is 0.265 e. The van der Waals surface area contributed by atoms with Gasteiger partial charge in [-0.3, -0.25) is 9.40 Å². The Kier molecular flexibility index (Phi) is 4.85. The number of rotatable bonds is 6. The van der Waals surface area contributed by atoms with Gasteiger partial charge >= 0.3 is 0 Å². The molecule has 0 unspecified atom stereocenters. The third kappa shape index (κ3) is 4.06. The first-order valence-corrected chi connectivity index (χ1v) is 10.6. The van der Waals surface area contributed by atoms with E-state index in [1.807, 2.05) is 0 Å². The lowest BCUT2D eigenvalue weighted by atomic mass is 10.3. The van der Waals surface area contributed by atoms with E-state index in [0.29, 0.717) is 5.69 Å². The molecule has 27 heavy (non-hydrogen) atoms. The summed E-state index contributed by atoms with van der Waals surface area (Å²) in [4.78, 5) is 7.58. The van der Waals surface area contributed by atoms with Crippen LogP contribution in [0.5, 0.6) is 0 Å². The van der Waals surface area contributed by atoms with Crippen LogP contribution < -0.4 is 9.44 Å². The molecule has 0 radical (unpaired) electrons. The first-order chi connectivity index (χ1) is 12.7. The first-order valence-electron chi connectivity index (χ1n) is 7.60. The number of nitrogens with zero attached hydrogens (tertiary/aromatic N) is 4. The number of sulfonamides is 2. The summed E-state index contributed by atoms with van der Waals surface area (Å²) < 4.78 is 55.6. The van der Waals surface area contributed by atoms with Crippen molar-refractivity contribution in [3.63, 3.8) is 0 Å². The Hall–Kier alpha value is -2.99. The maximum absolute atomic E-state index is 12.4. The predicted molar refractivity (Wildman–Crippen MR) is 98.0 cm³/mol. The van der Waals surface area contributed by atoms with E-state index >= 15 is 0 Å². The summed E-state index contributed by atoms with van der Waals surface area (Å²) in [6.45, 7) is 1.63. The van der Waals surface area contributed by atoms with Gasteiger partial charge in [-0.15, -0.1) is 0 Å². The van der Waals surface area contributed by atoms with Crippen LogP contribution in [0.4, 0.5) is 11.6 Å². The van der Waals surface area contributed by atoms with E-state index < -0.39 is 20.0 Å². The average molecular weight is 408 g/mol. The fourth-order valence-corrected chi connectivity index (χ4v) is 4.41. The van der Waals surface area contributed by atoms with E-state index in [0.717, 1.165) is 0 Å². The topological polar surface area (TPSA) is 136 Å². The van der Waals surface area contributed by atoms with E-state index in [1.165, 1.54) is 47.5 Å². The van der Waals surface area contributed by atoms with Crippen molar-refractivity contribution in [3.8, 4) is 0 Å². The smallest absolute Gasteiger partial charge is 0.265 e. The fourth-order valence-electron chi connectivity index (χ4n) is 2.19. The Morgan fingerprint density at radius 3 is 2.11 bits per heavy atom. The van der Waals surface area contributed by atoms with Crippen LogP contribution in [-0.4, -0.2) is 36.6 Å². The molecule has 2 heterocycles. The van der Waals surface area contributed by atoms with Crippen LogP contribution in [0.1, 0.15) is 5.69 Å². The van der Waals surface area contributed by atoms with Crippen molar-refractivity contribution in [2.45, 2.75) is 16.7 Å². The van der Waals surface area contributed by atoms with Gasteiger partial charge in [-0.05, 0) is 37.3 Å². The number of aromatic nitrogens is 4. The predicted octanol–water partition coefficient (Wildman–Crippen LogP) is 1.12. The van der Waals surface area contributed by atoms with Crippen molar-refractivity contribution in [2.24, 2.45) is 7.05 Å². The van der Waals surface area contributed by atoms with Crippen LogP contribution in [0.15, 0.2) is 58.7 Å². The molecule has 12 heteroatoms. The fraction of sp³-hybridized carbons (Fsp3) is 0.133. The minimum atomic E-state index is -3.89. The maximum atomic E-state index is 12.4. The molecule has 2 aromatic heterocycles. The summed E-state index contributed by atoms with van der Waals surface area (Å²) in [6, 6.07) is 6.81. The number of hydrogen-bond donors (Lipinski definition) is 2. The van der Waals surface area contributed by atoms with Crippen LogP contribution in [0.3, 0.4) is 0 Å². The van der Waals surface area contributed by atoms with Gasteiger partial charge in [0.1, 0.15) is 4.90 Å². The van der Waals surface area contributed by atoms with Crippen LogP contribution in [0.25, 0.3) is 0 Å². The highest BCUT2D eigenvalue weighted by atomic mass is 32.2.